The molecule has 1 N–H and O–H groups in total. The van der Waals surface area contributed by atoms with Gasteiger partial charge in [0.25, 0.3) is 0 Å². The van der Waals surface area contributed by atoms with E-state index in [-0.39, 0.29) is 17.5 Å². The molecule has 1 atom stereocenters. The third-order valence-electron chi connectivity index (χ3n) is 6.49. The summed E-state index contributed by atoms with van der Waals surface area (Å²) >= 11 is 0. The molecule has 2 heterocycles. The lowest BCUT2D eigenvalue weighted by atomic mass is 9.81. The van der Waals surface area contributed by atoms with Crippen LogP contribution < -0.4 is 0 Å². The first-order chi connectivity index (χ1) is 14.7. The summed E-state index contributed by atoms with van der Waals surface area (Å²) in [5.41, 5.74) is 5.94. The first-order valence-electron chi connectivity index (χ1n) is 10.9. The van der Waals surface area contributed by atoms with Crippen LogP contribution >= 0.6 is 0 Å². The summed E-state index contributed by atoms with van der Waals surface area (Å²) in [4.78, 5) is 33.6. The molecule has 4 nitrogen and oxygen atoms in total. The molecule has 0 bridgehead atoms. The molecular weight excluding hydrogens is 372 g/mol. The number of hydrogen-bond donors (Lipinski definition) is 1. The number of pyridine rings is 1. The van der Waals surface area contributed by atoms with Gasteiger partial charge in [-0.2, -0.15) is 0 Å². The van der Waals surface area contributed by atoms with Gasteiger partial charge in [-0.15, -0.1) is 0 Å². The second kappa shape index (κ2) is 8.02. The van der Waals surface area contributed by atoms with Gasteiger partial charge in [-0.05, 0) is 42.0 Å². The van der Waals surface area contributed by atoms with Crippen LogP contribution in [-0.4, -0.2) is 21.5 Å². The molecule has 0 spiro atoms. The summed E-state index contributed by atoms with van der Waals surface area (Å²) in [5, 5.41) is 0. The van der Waals surface area contributed by atoms with Crippen molar-refractivity contribution < 1.29 is 9.59 Å². The van der Waals surface area contributed by atoms with Gasteiger partial charge < -0.3 is 4.98 Å². The summed E-state index contributed by atoms with van der Waals surface area (Å²) in [6.07, 6.45) is 9.33. The molecule has 0 radical (unpaired) electrons. The van der Waals surface area contributed by atoms with E-state index in [4.69, 9.17) is 0 Å². The van der Waals surface area contributed by atoms with Crippen molar-refractivity contribution in [2.24, 2.45) is 11.8 Å². The van der Waals surface area contributed by atoms with Crippen LogP contribution in [0.15, 0.2) is 54.9 Å². The smallest absolute Gasteiger partial charge is 0.165 e. The number of fused-ring (bicyclic) bond motifs is 1. The number of benzene rings is 1. The zero-order chi connectivity index (χ0) is 20.5. The number of ketones is 2. The van der Waals surface area contributed by atoms with Crippen LogP contribution in [0.25, 0.3) is 11.3 Å². The molecule has 2 aliphatic carbocycles. The molecular formula is C26H26N2O2. The van der Waals surface area contributed by atoms with Crippen molar-refractivity contribution in [1.29, 1.82) is 0 Å². The maximum Gasteiger partial charge on any atom is 0.165 e. The van der Waals surface area contributed by atoms with Crippen molar-refractivity contribution in [2.75, 3.05) is 0 Å². The standard InChI is InChI=1S/C26H26N2O2/c29-23(9-8-17-6-7-17)20-15-22-25(24(30)16-20)21(14-18-4-2-1-3-5-18)26(28-22)19-10-12-27-13-11-19/h1-5,10-13,17,20,28H,6-9,14-16H2. The van der Waals surface area contributed by atoms with Crippen LogP contribution in [0.4, 0.5) is 0 Å². The lowest BCUT2D eigenvalue weighted by Gasteiger charge is -2.21. The molecule has 2 aromatic heterocycles. The highest BCUT2D eigenvalue weighted by Crippen LogP contribution is 2.38. The van der Waals surface area contributed by atoms with Gasteiger partial charge in [-0.25, -0.2) is 0 Å². The maximum atomic E-state index is 13.2. The maximum absolute atomic E-state index is 13.2. The zero-order valence-electron chi connectivity index (χ0n) is 17.1. The van der Waals surface area contributed by atoms with Gasteiger partial charge in [0, 0.05) is 54.4 Å². The minimum Gasteiger partial charge on any atom is -0.358 e. The lowest BCUT2D eigenvalue weighted by Crippen LogP contribution is -2.27. The number of H-pyrrole nitrogens is 1. The minimum atomic E-state index is -0.183. The van der Waals surface area contributed by atoms with Gasteiger partial charge in [-0.3, -0.25) is 14.6 Å². The van der Waals surface area contributed by atoms with Gasteiger partial charge >= 0.3 is 0 Å². The summed E-state index contributed by atoms with van der Waals surface area (Å²) < 4.78 is 0. The quantitative estimate of drug-likeness (QED) is 0.597. The Labute approximate surface area is 176 Å². The third kappa shape index (κ3) is 3.87. The van der Waals surface area contributed by atoms with Crippen molar-refractivity contribution in [3.63, 3.8) is 0 Å². The summed E-state index contributed by atoms with van der Waals surface area (Å²) in [7, 11) is 0. The molecule has 1 saturated carbocycles. The molecule has 1 unspecified atom stereocenters. The van der Waals surface area contributed by atoms with E-state index >= 15 is 0 Å². The number of carbonyl (C=O) groups is 2. The number of Topliss-reactive ketones (excluding diaryl/α,β-unsaturated/α-hetero) is 2. The van der Waals surface area contributed by atoms with Crippen molar-refractivity contribution in [1.82, 2.24) is 9.97 Å². The van der Waals surface area contributed by atoms with Crippen molar-refractivity contribution in [3.05, 3.63) is 77.2 Å². The van der Waals surface area contributed by atoms with E-state index in [0.717, 1.165) is 40.4 Å². The molecule has 0 saturated heterocycles. The molecule has 0 amide bonds. The summed E-state index contributed by atoms with van der Waals surface area (Å²) in [5.74, 6) is 0.913. The number of rotatable bonds is 7. The molecule has 1 fully saturated rings. The molecule has 2 aliphatic rings. The molecule has 3 aromatic rings. The van der Waals surface area contributed by atoms with Crippen LogP contribution in [0.3, 0.4) is 0 Å². The average molecular weight is 399 g/mol. The molecule has 5 rings (SSSR count). The fourth-order valence-electron chi connectivity index (χ4n) is 4.66. The highest BCUT2D eigenvalue weighted by Gasteiger charge is 2.35. The van der Waals surface area contributed by atoms with Crippen LogP contribution in [0, 0.1) is 11.8 Å². The van der Waals surface area contributed by atoms with Gasteiger partial charge in [0.15, 0.2) is 5.78 Å². The fourth-order valence-corrected chi connectivity index (χ4v) is 4.66. The number of carbonyl (C=O) groups excluding carboxylic acids is 2. The van der Waals surface area contributed by atoms with E-state index in [0.29, 0.717) is 25.7 Å². The van der Waals surface area contributed by atoms with Crippen LogP contribution in [0.5, 0.6) is 0 Å². The van der Waals surface area contributed by atoms with Crippen LogP contribution in [0.1, 0.15) is 59.3 Å². The first-order valence-corrected chi connectivity index (χ1v) is 10.9. The average Bonchev–Trinajstić information content (AvgIpc) is 3.54. The Morgan fingerprint density at radius 3 is 2.53 bits per heavy atom. The molecule has 0 aliphatic heterocycles. The number of hydrogen-bond acceptors (Lipinski definition) is 3. The first kappa shape index (κ1) is 19.0. The van der Waals surface area contributed by atoms with Crippen LogP contribution in [-0.2, 0) is 17.6 Å². The topological polar surface area (TPSA) is 62.8 Å². The monoisotopic (exact) mass is 398 g/mol. The summed E-state index contributed by atoms with van der Waals surface area (Å²) in [6, 6.07) is 14.2. The predicted octanol–water partition coefficient (Wildman–Crippen LogP) is 5.17. The van der Waals surface area contributed by atoms with Crippen molar-refractivity contribution >= 4 is 11.6 Å². The largest absolute Gasteiger partial charge is 0.358 e. The Morgan fingerprint density at radius 1 is 1.03 bits per heavy atom. The van der Waals surface area contributed by atoms with Gasteiger partial charge in [0.1, 0.15) is 5.78 Å². The highest BCUT2D eigenvalue weighted by atomic mass is 16.1. The SMILES string of the molecule is O=C1CC(C(=O)CCC2CC2)Cc2[nH]c(-c3ccncc3)c(Cc3ccccc3)c21. The molecule has 30 heavy (non-hydrogen) atoms. The van der Waals surface area contributed by atoms with E-state index < -0.39 is 0 Å². The summed E-state index contributed by atoms with van der Waals surface area (Å²) in [6.45, 7) is 0. The van der Waals surface area contributed by atoms with E-state index in [9.17, 15) is 9.59 Å². The van der Waals surface area contributed by atoms with Crippen molar-refractivity contribution in [3.8, 4) is 11.3 Å². The number of nitrogens with one attached hydrogen (secondary N) is 1. The second-order valence-electron chi connectivity index (χ2n) is 8.71. The number of nitrogens with zero attached hydrogens (tertiary/aromatic N) is 1. The van der Waals surface area contributed by atoms with E-state index in [1.165, 1.54) is 18.4 Å². The normalized spacial score (nSPS) is 18.3. The second-order valence-corrected chi connectivity index (χ2v) is 8.71. The Morgan fingerprint density at radius 2 is 1.80 bits per heavy atom. The number of aromatic nitrogens is 2. The Kier molecular flexibility index (Phi) is 5.07. The predicted molar refractivity (Wildman–Crippen MR) is 116 cm³/mol. The highest BCUT2D eigenvalue weighted by molar-refractivity contribution is 6.04. The fraction of sp³-hybridized carbons (Fsp3) is 0.346. The Hall–Kier alpha value is -3.01. The lowest BCUT2D eigenvalue weighted by molar-refractivity contribution is -0.123. The van der Waals surface area contributed by atoms with Crippen LogP contribution in [0.2, 0.25) is 0 Å². The number of aromatic amines is 1. The van der Waals surface area contributed by atoms with E-state index in [2.05, 4.69) is 22.1 Å². The Balaban J connectivity index is 1.49. The van der Waals surface area contributed by atoms with Gasteiger partial charge in [-0.1, -0.05) is 43.2 Å². The molecule has 4 heteroatoms. The van der Waals surface area contributed by atoms with Crippen molar-refractivity contribution in [2.45, 2.75) is 44.9 Å². The van der Waals surface area contributed by atoms with Gasteiger partial charge in [0.2, 0.25) is 0 Å². The Bertz CT molecular complexity index is 1070. The van der Waals surface area contributed by atoms with E-state index in [1.54, 1.807) is 12.4 Å². The molecule has 152 valence electrons. The minimum absolute atomic E-state index is 0.100. The third-order valence-corrected chi connectivity index (χ3v) is 6.49. The van der Waals surface area contributed by atoms with Gasteiger partial charge in [0.05, 0.1) is 5.69 Å². The molecule has 1 aromatic carbocycles. The zero-order valence-corrected chi connectivity index (χ0v) is 17.1. The van der Waals surface area contributed by atoms with E-state index in [1.807, 2.05) is 30.3 Å².